The molecule has 0 spiro atoms. The molecule has 1 aliphatic rings. The van der Waals surface area contributed by atoms with Crippen LogP contribution in [0.25, 0.3) is 0 Å². The molecule has 1 aliphatic heterocycles. The Morgan fingerprint density at radius 2 is 2.00 bits per heavy atom. The highest BCUT2D eigenvalue weighted by Gasteiger charge is 2.30. The van der Waals surface area contributed by atoms with Crippen LogP contribution in [0.1, 0.15) is 47.0 Å². The Labute approximate surface area is 93.2 Å². The minimum Gasteiger partial charge on any atom is -0.375 e. The van der Waals surface area contributed by atoms with E-state index in [2.05, 4.69) is 27.7 Å². The number of alkyl halides is 1. The molecule has 14 heavy (non-hydrogen) atoms. The molecule has 0 N–H and O–H groups in total. The summed E-state index contributed by atoms with van der Waals surface area (Å²) in [6, 6.07) is 0. The summed E-state index contributed by atoms with van der Waals surface area (Å²) in [6.07, 6.45) is 4.45. The molecule has 0 bridgehead atoms. The number of ether oxygens (including phenoxy) is 1. The highest BCUT2D eigenvalue weighted by Crippen LogP contribution is 2.34. The van der Waals surface area contributed by atoms with Crippen LogP contribution in [0, 0.1) is 11.3 Å². The van der Waals surface area contributed by atoms with E-state index in [9.17, 15) is 0 Å². The second kappa shape index (κ2) is 4.85. The second-order valence-corrected chi connectivity index (χ2v) is 5.91. The number of halogens is 1. The molecule has 3 unspecified atom stereocenters. The molecular formula is C12H23ClO. The first kappa shape index (κ1) is 12.3. The van der Waals surface area contributed by atoms with Crippen LogP contribution in [0.5, 0.6) is 0 Å². The Morgan fingerprint density at radius 1 is 1.36 bits per heavy atom. The van der Waals surface area contributed by atoms with Crippen molar-refractivity contribution in [3.05, 3.63) is 0 Å². The normalized spacial score (nSPS) is 30.6. The lowest BCUT2D eigenvalue weighted by Gasteiger charge is -2.31. The zero-order chi connectivity index (χ0) is 10.8. The third-order valence-electron chi connectivity index (χ3n) is 3.28. The van der Waals surface area contributed by atoms with Gasteiger partial charge in [-0.2, -0.15) is 0 Å². The largest absolute Gasteiger partial charge is 0.375 e. The van der Waals surface area contributed by atoms with E-state index >= 15 is 0 Å². The molecule has 0 saturated carbocycles. The van der Waals surface area contributed by atoms with Gasteiger partial charge < -0.3 is 4.74 Å². The van der Waals surface area contributed by atoms with Crippen LogP contribution in [-0.4, -0.2) is 18.1 Å². The smallest absolute Gasteiger partial charge is 0.0583 e. The summed E-state index contributed by atoms with van der Waals surface area (Å²) in [5.74, 6) is 1.32. The van der Waals surface area contributed by atoms with Crippen LogP contribution in [0.4, 0.5) is 0 Å². The third-order valence-corrected chi connectivity index (χ3v) is 3.65. The zero-order valence-electron chi connectivity index (χ0n) is 9.85. The van der Waals surface area contributed by atoms with Crippen molar-refractivity contribution in [1.82, 2.24) is 0 Å². The average Bonchev–Trinajstić information content (AvgIpc) is 2.45. The molecule has 0 aromatic rings. The molecule has 1 heterocycles. The van der Waals surface area contributed by atoms with Gasteiger partial charge in [-0.3, -0.25) is 0 Å². The summed E-state index contributed by atoms with van der Waals surface area (Å²) in [5.41, 5.74) is 0.303. The van der Waals surface area contributed by atoms with E-state index in [1.54, 1.807) is 0 Å². The lowest BCUT2D eigenvalue weighted by atomic mass is 9.78. The highest BCUT2D eigenvalue weighted by atomic mass is 35.5. The maximum absolute atomic E-state index is 6.01. The molecule has 0 radical (unpaired) electrons. The molecular weight excluding hydrogens is 196 g/mol. The van der Waals surface area contributed by atoms with Crippen LogP contribution < -0.4 is 0 Å². The van der Waals surface area contributed by atoms with Crippen LogP contribution in [0.2, 0.25) is 0 Å². The fourth-order valence-electron chi connectivity index (χ4n) is 2.02. The molecule has 1 saturated heterocycles. The topological polar surface area (TPSA) is 9.23 Å². The van der Waals surface area contributed by atoms with Gasteiger partial charge in [0, 0.05) is 5.88 Å². The summed E-state index contributed by atoms with van der Waals surface area (Å²) >= 11 is 6.01. The van der Waals surface area contributed by atoms with Crippen LogP contribution in [0.15, 0.2) is 0 Å². The molecule has 2 heteroatoms. The van der Waals surface area contributed by atoms with Crippen LogP contribution in [-0.2, 0) is 4.74 Å². The fourth-order valence-corrected chi connectivity index (χ4v) is 2.61. The minimum absolute atomic E-state index is 0.303. The summed E-state index contributed by atoms with van der Waals surface area (Å²) in [6.45, 7) is 8.95. The number of hydrogen-bond acceptors (Lipinski definition) is 1. The van der Waals surface area contributed by atoms with E-state index in [1.165, 1.54) is 12.8 Å². The van der Waals surface area contributed by atoms with E-state index in [-0.39, 0.29) is 0 Å². The van der Waals surface area contributed by atoms with Crippen molar-refractivity contribution in [2.45, 2.75) is 59.2 Å². The summed E-state index contributed by atoms with van der Waals surface area (Å²) in [4.78, 5) is 0. The molecule has 0 amide bonds. The predicted molar refractivity (Wildman–Crippen MR) is 61.9 cm³/mol. The van der Waals surface area contributed by atoms with E-state index in [1.807, 2.05) is 0 Å². The molecule has 0 aromatic carbocycles. The SMILES string of the molecule is CC1CCC(CC(CCl)C(C)(C)C)O1. The molecule has 1 fully saturated rings. The van der Waals surface area contributed by atoms with Gasteiger partial charge in [-0.05, 0) is 37.5 Å². The lowest BCUT2D eigenvalue weighted by Crippen LogP contribution is -2.26. The van der Waals surface area contributed by atoms with E-state index in [0.717, 1.165) is 12.3 Å². The standard InChI is InChI=1S/C12H23ClO/c1-9-5-6-11(14-9)7-10(8-13)12(2,3)4/h9-11H,5-8H2,1-4H3. The van der Waals surface area contributed by atoms with E-state index in [0.29, 0.717) is 23.5 Å². The van der Waals surface area contributed by atoms with Crippen LogP contribution >= 0.6 is 11.6 Å². The van der Waals surface area contributed by atoms with E-state index in [4.69, 9.17) is 16.3 Å². The molecule has 1 rings (SSSR count). The summed E-state index contributed by atoms with van der Waals surface area (Å²) < 4.78 is 5.83. The van der Waals surface area contributed by atoms with Crippen molar-refractivity contribution in [3.8, 4) is 0 Å². The quantitative estimate of drug-likeness (QED) is 0.654. The summed E-state index contributed by atoms with van der Waals surface area (Å²) in [7, 11) is 0. The van der Waals surface area contributed by atoms with Gasteiger partial charge in [-0.1, -0.05) is 20.8 Å². The predicted octanol–water partition coefficient (Wildman–Crippen LogP) is 3.85. The van der Waals surface area contributed by atoms with Gasteiger partial charge in [-0.25, -0.2) is 0 Å². The van der Waals surface area contributed by atoms with Gasteiger partial charge in [0.05, 0.1) is 12.2 Å². The highest BCUT2D eigenvalue weighted by molar-refractivity contribution is 6.18. The zero-order valence-corrected chi connectivity index (χ0v) is 10.6. The second-order valence-electron chi connectivity index (χ2n) is 5.60. The van der Waals surface area contributed by atoms with Crippen molar-refractivity contribution in [3.63, 3.8) is 0 Å². The van der Waals surface area contributed by atoms with Crippen molar-refractivity contribution in [2.24, 2.45) is 11.3 Å². The van der Waals surface area contributed by atoms with Gasteiger partial charge in [-0.15, -0.1) is 11.6 Å². The third kappa shape index (κ3) is 3.43. The lowest BCUT2D eigenvalue weighted by molar-refractivity contribution is 0.0306. The van der Waals surface area contributed by atoms with Crippen molar-refractivity contribution >= 4 is 11.6 Å². The monoisotopic (exact) mass is 218 g/mol. The van der Waals surface area contributed by atoms with Crippen molar-refractivity contribution in [2.75, 3.05) is 5.88 Å². The van der Waals surface area contributed by atoms with Crippen molar-refractivity contribution in [1.29, 1.82) is 0 Å². The number of hydrogen-bond donors (Lipinski definition) is 0. The molecule has 1 nitrogen and oxygen atoms in total. The summed E-state index contributed by atoms with van der Waals surface area (Å²) in [5, 5.41) is 0. The maximum Gasteiger partial charge on any atom is 0.0583 e. The molecule has 3 atom stereocenters. The Balaban J connectivity index is 2.41. The maximum atomic E-state index is 6.01. The fraction of sp³-hybridized carbons (Fsp3) is 1.00. The Hall–Kier alpha value is 0.250. The van der Waals surface area contributed by atoms with Crippen LogP contribution in [0.3, 0.4) is 0 Å². The number of rotatable bonds is 3. The molecule has 84 valence electrons. The Morgan fingerprint density at radius 3 is 2.36 bits per heavy atom. The molecule has 0 aliphatic carbocycles. The van der Waals surface area contributed by atoms with Crippen molar-refractivity contribution < 1.29 is 4.74 Å². The first-order chi connectivity index (χ1) is 6.43. The van der Waals surface area contributed by atoms with Gasteiger partial charge in [0.15, 0.2) is 0 Å². The Kier molecular flexibility index (Phi) is 4.27. The van der Waals surface area contributed by atoms with Gasteiger partial charge in [0.2, 0.25) is 0 Å². The van der Waals surface area contributed by atoms with Gasteiger partial charge >= 0.3 is 0 Å². The minimum atomic E-state index is 0.303. The van der Waals surface area contributed by atoms with Gasteiger partial charge in [0.1, 0.15) is 0 Å². The van der Waals surface area contributed by atoms with Gasteiger partial charge in [0.25, 0.3) is 0 Å². The Bertz CT molecular complexity index is 174. The van der Waals surface area contributed by atoms with E-state index < -0.39 is 0 Å². The first-order valence-electron chi connectivity index (χ1n) is 5.65. The average molecular weight is 219 g/mol. The molecule has 0 aromatic heterocycles. The first-order valence-corrected chi connectivity index (χ1v) is 6.18.